The lowest BCUT2D eigenvalue weighted by atomic mass is 10.1. The topological polar surface area (TPSA) is 65.1 Å². The zero-order chi connectivity index (χ0) is 22.5. The van der Waals surface area contributed by atoms with Gasteiger partial charge in [0.25, 0.3) is 5.91 Å². The number of para-hydroxylation sites is 3. The van der Waals surface area contributed by atoms with Crippen molar-refractivity contribution in [1.82, 2.24) is 10.2 Å². The van der Waals surface area contributed by atoms with Crippen LogP contribution in [-0.4, -0.2) is 68.6 Å². The zero-order valence-electron chi connectivity index (χ0n) is 18.3. The summed E-state index contributed by atoms with van der Waals surface area (Å²) in [6, 6.07) is 14.1. The minimum Gasteiger partial charge on any atom is -0.478 e. The average molecular weight is 441 g/mol. The Morgan fingerprint density at radius 2 is 1.75 bits per heavy atom. The van der Waals surface area contributed by atoms with Gasteiger partial charge in [-0.1, -0.05) is 31.2 Å². The van der Waals surface area contributed by atoms with E-state index in [1.54, 1.807) is 18.2 Å². The van der Waals surface area contributed by atoms with Crippen LogP contribution >= 0.6 is 0 Å². The lowest BCUT2D eigenvalue weighted by Crippen LogP contribution is -2.51. The minimum atomic E-state index is -0.566. The first-order chi connectivity index (χ1) is 15.6. The summed E-state index contributed by atoms with van der Waals surface area (Å²) in [7, 11) is 0. The summed E-state index contributed by atoms with van der Waals surface area (Å²) < 4.78 is 19.7. The van der Waals surface area contributed by atoms with Gasteiger partial charge >= 0.3 is 0 Å². The highest BCUT2D eigenvalue weighted by atomic mass is 19.1. The molecule has 8 heteroatoms. The SMILES string of the molecule is CCC1Oc2ccccc2N(CC(=O)NCCN2CCN(c3ccccc3F)CC2)C1=O. The molecule has 0 aliphatic carbocycles. The smallest absolute Gasteiger partial charge is 0.268 e. The standard InChI is InChI=1S/C24H29FN4O3/c1-2-21-24(31)29(20-9-5-6-10-22(20)32-21)17-23(30)26-11-12-27-13-15-28(16-14-27)19-8-4-3-7-18(19)25/h3-10,21H,2,11-17H2,1H3,(H,26,30). The number of ether oxygens (including phenoxy) is 1. The highest BCUT2D eigenvalue weighted by molar-refractivity contribution is 6.03. The molecule has 0 aromatic heterocycles. The van der Waals surface area contributed by atoms with E-state index in [2.05, 4.69) is 15.1 Å². The molecule has 1 fully saturated rings. The predicted molar refractivity (Wildman–Crippen MR) is 122 cm³/mol. The molecule has 7 nitrogen and oxygen atoms in total. The Labute approximate surface area is 187 Å². The van der Waals surface area contributed by atoms with Gasteiger partial charge in [0.1, 0.15) is 18.1 Å². The van der Waals surface area contributed by atoms with Gasteiger partial charge in [-0.15, -0.1) is 0 Å². The second-order valence-electron chi connectivity index (χ2n) is 8.04. The number of nitrogens with zero attached hydrogens (tertiary/aromatic N) is 3. The summed E-state index contributed by atoms with van der Waals surface area (Å²) in [6.45, 7) is 6.16. The first kappa shape index (κ1) is 22.1. The Morgan fingerprint density at radius 3 is 2.47 bits per heavy atom. The van der Waals surface area contributed by atoms with Crippen molar-refractivity contribution in [2.45, 2.75) is 19.4 Å². The highest BCUT2D eigenvalue weighted by Gasteiger charge is 2.34. The van der Waals surface area contributed by atoms with Crippen molar-refractivity contribution in [3.63, 3.8) is 0 Å². The first-order valence-corrected chi connectivity index (χ1v) is 11.1. The maximum atomic E-state index is 14.0. The van der Waals surface area contributed by atoms with Crippen molar-refractivity contribution in [3.8, 4) is 5.75 Å². The van der Waals surface area contributed by atoms with Crippen LogP contribution < -0.4 is 19.9 Å². The number of carbonyl (C=O) groups is 2. The molecule has 2 amide bonds. The minimum absolute atomic E-state index is 0.0310. The molecule has 2 heterocycles. The van der Waals surface area contributed by atoms with Crippen LogP contribution in [0.5, 0.6) is 5.75 Å². The first-order valence-electron chi connectivity index (χ1n) is 11.1. The van der Waals surface area contributed by atoms with E-state index in [1.807, 2.05) is 31.2 Å². The van der Waals surface area contributed by atoms with Crippen LogP contribution in [-0.2, 0) is 9.59 Å². The normalized spacial score (nSPS) is 18.8. The van der Waals surface area contributed by atoms with E-state index >= 15 is 0 Å². The maximum absolute atomic E-state index is 14.0. The van der Waals surface area contributed by atoms with Crippen LogP contribution in [0.1, 0.15) is 13.3 Å². The van der Waals surface area contributed by atoms with E-state index in [-0.39, 0.29) is 24.2 Å². The number of amides is 2. The monoisotopic (exact) mass is 440 g/mol. The second-order valence-corrected chi connectivity index (χ2v) is 8.04. The summed E-state index contributed by atoms with van der Waals surface area (Å²) in [4.78, 5) is 31.1. The molecular formula is C24H29FN4O3. The van der Waals surface area contributed by atoms with Crippen molar-refractivity contribution < 1.29 is 18.7 Å². The molecule has 0 bridgehead atoms. The number of anilines is 2. The summed E-state index contributed by atoms with van der Waals surface area (Å²) in [5, 5.41) is 2.92. The molecule has 0 radical (unpaired) electrons. The third-order valence-corrected chi connectivity index (χ3v) is 5.95. The number of benzene rings is 2. The van der Waals surface area contributed by atoms with Gasteiger partial charge in [0.2, 0.25) is 5.91 Å². The predicted octanol–water partition coefficient (Wildman–Crippen LogP) is 2.27. The van der Waals surface area contributed by atoms with Gasteiger partial charge in [0, 0.05) is 39.3 Å². The fourth-order valence-corrected chi connectivity index (χ4v) is 4.17. The maximum Gasteiger partial charge on any atom is 0.268 e. The summed E-state index contributed by atoms with van der Waals surface area (Å²) >= 11 is 0. The number of nitrogens with one attached hydrogen (secondary N) is 1. The number of hydrogen-bond donors (Lipinski definition) is 1. The van der Waals surface area contributed by atoms with Gasteiger partial charge in [-0.05, 0) is 30.7 Å². The molecule has 1 N–H and O–H groups in total. The summed E-state index contributed by atoms with van der Waals surface area (Å²) in [6.07, 6.45) is -0.0205. The Balaban J connectivity index is 1.25. The molecule has 32 heavy (non-hydrogen) atoms. The number of piperazine rings is 1. The van der Waals surface area contributed by atoms with E-state index in [1.165, 1.54) is 11.0 Å². The van der Waals surface area contributed by atoms with Crippen molar-refractivity contribution in [2.75, 3.05) is 55.6 Å². The number of fused-ring (bicyclic) bond motifs is 1. The highest BCUT2D eigenvalue weighted by Crippen LogP contribution is 2.34. The van der Waals surface area contributed by atoms with Crippen LogP contribution in [0.15, 0.2) is 48.5 Å². The van der Waals surface area contributed by atoms with Gasteiger partial charge in [-0.25, -0.2) is 4.39 Å². The Hall–Kier alpha value is -3.13. The molecule has 1 saturated heterocycles. The molecule has 0 saturated carbocycles. The molecule has 4 rings (SSSR count). The number of carbonyl (C=O) groups excluding carboxylic acids is 2. The number of rotatable bonds is 7. The average Bonchev–Trinajstić information content (AvgIpc) is 2.81. The van der Waals surface area contributed by atoms with E-state index in [0.29, 0.717) is 36.6 Å². The third kappa shape index (κ3) is 4.85. The summed E-state index contributed by atoms with van der Waals surface area (Å²) in [5.41, 5.74) is 1.27. The number of halogens is 1. The second kappa shape index (κ2) is 9.99. The third-order valence-electron chi connectivity index (χ3n) is 5.95. The quantitative estimate of drug-likeness (QED) is 0.716. The fourth-order valence-electron chi connectivity index (χ4n) is 4.17. The van der Waals surface area contributed by atoms with Gasteiger partial charge < -0.3 is 15.0 Å². The molecule has 170 valence electrons. The van der Waals surface area contributed by atoms with Gasteiger partial charge in [-0.2, -0.15) is 0 Å². The number of hydrogen-bond acceptors (Lipinski definition) is 5. The molecule has 0 spiro atoms. The molecule has 1 atom stereocenters. The Bertz CT molecular complexity index is 962. The van der Waals surface area contributed by atoms with Gasteiger partial charge in [0.15, 0.2) is 6.10 Å². The van der Waals surface area contributed by atoms with Crippen molar-refractivity contribution in [1.29, 1.82) is 0 Å². The molecule has 1 unspecified atom stereocenters. The van der Waals surface area contributed by atoms with Crippen molar-refractivity contribution in [3.05, 3.63) is 54.3 Å². The lowest BCUT2D eigenvalue weighted by Gasteiger charge is -2.36. The Morgan fingerprint density at radius 1 is 1.06 bits per heavy atom. The molecule has 2 aliphatic heterocycles. The van der Waals surface area contributed by atoms with E-state index in [9.17, 15) is 14.0 Å². The van der Waals surface area contributed by atoms with Crippen LogP contribution in [0.2, 0.25) is 0 Å². The zero-order valence-corrected chi connectivity index (χ0v) is 18.3. The fraction of sp³-hybridized carbons (Fsp3) is 0.417. The molecule has 2 aromatic carbocycles. The lowest BCUT2D eigenvalue weighted by molar-refractivity contribution is -0.129. The van der Waals surface area contributed by atoms with E-state index in [4.69, 9.17) is 4.74 Å². The van der Waals surface area contributed by atoms with E-state index in [0.717, 1.165) is 26.2 Å². The van der Waals surface area contributed by atoms with Crippen LogP contribution in [0.4, 0.5) is 15.8 Å². The van der Waals surface area contributed by atoms with Gasteiger partial charge in [-0.3, -0.25) is 19.4 Å². The summed E-state index contributed by atoms with van der Waals surface area (Å²) in [5.74, 6) is 0.0396. The van der Waals surface area contributed by atoms with Crippen molar-refractivity contribution >= 4 is 23.2 Å². The van der Waals surface area contributed by atoms with Crippen molar-refractivity contribution in [2.24, 2.45) is 0 Å². The van der Waals surface area contributed by atoms with Crippen LogP contribution in [0, 0.1) is 5.82 Å². The molecule has 2 aromatic rings. The molecule has 2 aliphatic rings. The van der Waals surface area contributed by atoms with Gasteiger partial charge in [0.05, 0.1) is 11.4 Å². The Kier molecular flexibility index (Phi) is 6.90. The van der Waals surface area contributed by atoms with Crippen LogP contribution in [0.3, 0.4) is 0 Å². The van der Waals surface area contributed by atoms with Crippen LogP contribution in [0.25, 0.3) is 0 Å². The molecular weight excluding hydrogens is 411 g/mol. The largest absolute Gasteiger partial charge is 0.478 e. The van der Waals surface area contributed by atoms with E-state index < -0.39 is 6.10 Å².